The molecule has 182 valence electrons. The van der Waals surface area contributed by atoms with Gasteiger partial charge in [-0.15, -0.1) is 0 Å². The molecular weight excluding hydrogens is 446 g/mol. The molecule has 0 bridgehead atoms. The molecule has 8 nitrogen and oxygen atoms in total. The fourth-order valence-corrected chi connectivity index (χ4v) is 4.30. The zero-order valence-corrected chi connectivity index (χ0v) is 19.8. The van der Waals surface area contributed by atoms with Crippen LogP contribution in [-0.4, -0.2) is 48.5 Å². The van der Waals surface area contributed by atoms with Gasteiger partial charge in [0.25, 0.3) is 0 Å². The van der Waals surface area contributed by atoms with Crippen molar-refractivity contribution in [3.05, 3.63) is 72.3 Å². The highest BCUT2D eigenvalue weighted by Crippen LogP contribution is 2.30. The minimum atomic E-state index is -0.826. The van der Waals surface area contributed by atoms with Crippen LogP contribution in [0.1, 0.15) is 25.3 Å². The Balaban J connectivity index is 1.37. The van der Waals surface area contributed by atoms with E-state index in [1.807, 2.05) is 60.7 Å². The van der Waals surface area contributed by atoms with Gasteiger partial charge in [-0.05, 0) is 36.8 Å². The topological polar surface area (TPSA) is 97.0 Å². The Labute approximate surface area is 204 Å². The summed E-state index contributed by atoms with van der Waals surface area (Å²) in [6.45, 7) is 2.15. The summed E-state index contributed by atoms with van der Waals surface area (Å²) < 4.78 is 10.7. The maximum absolute atomic E-state index is 13.1. The molecule has 1 fully saturated rings. The molecule has 0 aliphatic carbocycles. The molecule has 1 saturated heterocycles. The van der Waals surface area contributed by atoms with Crippen molar-refractivity contribution in [2.45, 2.75) is 38.5 Å². The van der Waals surface area contributed by atoms with Crippen LogP contribution in [-0.2, 0) is 20.9 Å². The first-order chi connectivity index (χ1) is 17.0. The lowest BCUT2D eigenvalue weighted by molar-refractivity contribution is -0.138. The van der Waals surface area contributed by atoms with E-state index < -0.39 is 18.2 Å². The molecule has 1 aliphatic rings. The van der Waals surface area contributed by atoms with Gasteiger partial charge in [-0.25, -0.2) is 4.79 Å². The molecule has 2 N–H and O–H groups in total. The molecule has 0 radical (unpaired) electrons. The first-order valence-electron chi connectivity index (χ1n) is 11.6. The Bertz CT molecular complexity index is 1210. The predicted octanol–water partition coefficient (Wildman–Crippen LogP) is 4.09. The quantitative estimate of drug-likeness (QED) is 0.537. The van der Waals surface area contributed by atoms with Gasteiger partial charge >= 0.3 is 6.09 Å². The van der Waals surface area contributed by atoms with Crippen LogP contribution in [0.3, 0.4) is 0 Å². The number of fused-ring (bicyclic) bond motifs is 1. The van der Waals surface area contributed by atoms with E-state index in [0.717, 1.165) is 16.3 Å². The van der Waals surface area contributed by atoms with Crippen molar-refractivity contribution in [1.82, 2.24) is 10.2 Å². The molecule has 0 unspecified atom stereocenters. The number of amides is 3. The second kappa shape index (κ2) is 10.9. The van der Waals surface area contributed by atoms with Crippen molar-refractivity contribution in [3.8, 4) is 5.75 Å². The number of benzene rings is 3. The summed E-state index contributed by atoms with van der Waals surface area (Å²) in [5, 5.41) is 7.39. The summed E-state index contributed by atoms with van der Waals surface area (Å²) in [5.41, 5.74) is 1.45. The van der Waals surface area contributed by atoms with Gasteiger partial charge in [0.2, 0.25) is 11.8 Å². The number of alkyl carbamates (subject to hydrolysis) is 1. The van der Waals surface area contributed by atoms with Crippen LogP contribution in [0, 0.1) is 0 Å². The molecule has 0 spiro atoms. The number of methoxy groups -OCH3 is 1. The molecule has 8 heteroatoms. The first-order valence-corrected chi connectivity index (χ1v) is 11.6. The Morgan fingerprint density at radius 2 is 1.80 bits per heavy atom. The molecule has 0 saturated carbocycles. The summed E-state index contributed by atoms with van der Waals surface area (Å²) in [6, 6.07) is 19.2. The summed E-state index contributed by atoms with van der Waals surface area (Å²) in [7, 11) is 1.59. The molecule has 3 amide bonds. The standard InChI is InChI=1S/C27H29N3O5/c1-18(28-27(33)35-17-19-9-4-3-5-10-19)26(32)30-14-8-13-23(30)25(31)29-21-15-20-11-6-7-12-22(20)24(16-21)34-2/h3-7,9-12,15-16,18,23H,8,13-14,17H2,1-2H3,(H,28,33)(H,29,31)/t18-,23+/m1/s1. The largest absolute Gasteiger partial charge is 0.496 e. The van der Waals surface area contributed by atoms with Crippen molar-refractivity contribution in [2.75, 3.05) is 19.0 Å². The Hall–Kier alpha value is -4.07. The van der Waals surface area contributed by atoms with Gasteiger partial charge in [-0.1, -0.05) is 54.6 Å². The summed E-state index contributed by atoms with van der Waals surface area (Å²) in [6.07, 6.45) is 0.571. The molecule has 4 rings (SSSR count). The van der Waals surface area contributed by atoms with Crippen molar-refractivity contribution in [1.29, 1.82) is 0 Å². The smallest absolute Gasteiger partial charge is 0.408 e. The van der Waals surface area contributed by atoms with Gasteiger partial charge in [-0.2, -0.15) is 0 Å². The van der Waals surface area contributed by atoms with Gasteiger partial charge in [0, 0.05) is 23.7 Å². The Morgan fingerprint density at radius 1 is 1.06 bits per heavy atom. The van der Waals surface area contributed by atoms with Gasteiger partial charge < -0.3 is 25.0 Å². The van der Waals surface area contributed by atoms with Gasteiger partial charge in [0.1, 0.15) is 24.4 Å². The van der Waals surface area contributed by atoms with Crippen LogP contribution in [0.15, 0.2) is 66.7 Å². The third-order valence-electron chi connectivity index (χ3n) is 6.07. The average Bonchev–Trinajstić information content (AvgIpc) is 3.37. The minimum Gasteiger partial charge on any atom is -0.496 e. The van der Waals surface area contributed by atoms with Crippen LogP contribution in [0.25, 0.3) is 10.8 Å². The minimum absolute atomic E-state index is 0.109. The molecule has 1 aliphatic heterocycles. The van der Waals surface area contributed by atoms with Crippen LogP contribution in [0.2, 0.25) is 0 Å². The fourth-order valence-electron chi connectivity index (χ4n) is 4.30. The van der Waals surface area contributed by atoms with Crippen LogP contribution in [0.5, 0.6) is 5.75 Å². The Kier molecular flexibility index (Phi) is 7.50. The summed E-state index contributed by atoms with van der Waals surface area (Å²) in [4.78, 5) is 39.9. The van der Waals surface area contributed by atoms with E-state index in [1.54, 1.807) is 20.1 Å². The number of ether oxygens (including phenoxy) is 2. The molecule has 3 aromatic rings. The predicted molar refractivity (Wildman–Crippen MR) is 133 cm³/mol. The van der Waals surface area contributed by atoms with Crippen molar-refractivity contribution < 1.29 is 23.9 Å². The van der Waals surface area contributed by atoms with Crippen LogP contribution >= 0.6 is 0 Å². The number of anilines is 1. The fraction of sp³-hybridized carbons (Fsp3) is 0.296. The first kappa shape index (κ1) is 24.1. The van der Waals surface area contributed by atoms with E-state index in [4.69, 9.17) is 9.47 Å². The summed E-state index contributed by atoms with van der Waals surface area (Å²) >= 11 is 0. The van der Waals surface area contributed by atoms with E-state index in [-0.39, 0.29) is 18.4 Å². The van der Waals surface area contributed by atoms with Gasteiger partial charge in [-0.3, -0.25) is 9.59 Å². The number of nitrogens with one attached hydrogen (secondary N) is 2. The lowest BCUT2D eigenvalue weighted by Gasteiger charge is -2.27. The third kappa shape index (κ3) is 5.71. The van der Waals surface area contributed by atoms with Crippen molar-refractivity contribution in [2.24, 2.45) is 0 Å². The maximum Gasteiger partial charge on any atom is 0.408 e. The third-order valence-corrected chi connectivity index (χ3v) is 6.07. The lowest BCUT2D eigenvalue weighted by atomic mass is 10.1. The monoisotopic (exact) mass is 475 g/mol. The maximum atomic E-state index is 13.1. The molecule has 0 aromatic heterocycles. The van der Waals surface area contributed by atoms with Crippen LogP contribution in [0.4, 0.5) is 10.5 Å². The zero-order valence-electron chi connectivity index (χ0n) is 19.8. The SMILES string of the molecule is COc1cc(NC(=O)[C@@H]2CCCN2C(=O)[C@@H](C)NC(=O)OCc2ccccc2)cc2ccccc12. The normalized spacial score (nSPS) is 15.9. The molecule has 3 aromatic carbocycles. The number of carbonyl (C=O) groups excluding carboxylic acids is 3. The molecule has 1 heterocycles. The Morgan fingerprint density at radius 3 is 2.57 bits per heavy atom. The van der Waals surface area contributed by atoms with E-state index in [2.05, 4.69) is 10.6 Å². The average molecular weight is 476 g/mol. The van der Waals surface area contributed by atoms with Gasteiger partial charge in [0.15, 0.2) is 0 Å². The number of rotatable bonds is 7. The molecule has 2 atom stereocenters. The van der Waals surface area contributed by atoms with E-state index in [9.17, 15) is 14.4 Å². The molecule has 35 heavy (non-hydrogen) atoms. The lowest BCUT2D eigenvalue weighted by Crippen LogP contribution is -2.51. The number of nitrogens with zero attached hydrogens (tertiary/aromatic N) is 1. The van der Waals surface area contributed by atoms with Crippen molar-refractivity contribution >= 4 is 34.4 Å². The highest BCUT2D eigenvalue weighted by Gasteiger charge is 2.36. The zero-order chi connectivity index (χ0) is 24.8. The van der Waals surface area contributed by atoms with E-state index >= 15 is 0 Å². The molecular formula is C27H29N3O5. The van der Waals surface area contributed by atoms with Crippen molar-refractivity contribution in [3.63, 3.8) is 0 Å². The van der Waals surface area contributed by atoms with E-state index in [1.165, 1.54) is 4.90 Å². The number of hydrogen-bond donors (Lipinski definition) is 2. The number of carbonyl (C=O) groups is 3. The highest BCUT2D eigenvalue weighted by molar-refractivity contribution is 6.01. The second-order valence-electron chi connectivity index (χ2n) is 8.51. The van der Waals surface area contributed by atoms with Gasteiger partial charge in [0.05, 0.1) is 7.11 Å². The van der Waals surface area contributed by atoms with Crippen LogP contribution < -0.4 is 15.4 Å². The second-order valence-corrected chi connectivity index (χ2v) is 8.51. The summed E-state index contributed by atoms with van der Waals surface area (Å²) in [5.74, 6) is 0.0621. The highest BCUT2D eigenvalue weighted by atomic mass is 16.5. The van der Waals surface area contributed by atoms with E-state index in [0.29, 0.717) is 30.8 Å². The number of likely N-dealkylation sites (tertiary alicyclic amines) is 1. The number of hydrogen-bond acceptors (Lipinski definition) is 5.